The van der Waals surface area contributed by atoms with Crippen LogP contribution in [0.4, 0.5) is 0 Å². The molecule has 0 bridgehead atoms. The second-order valence-electron chi connectivity index (χ2n) is 5.43. The third-order valence-corrected chi connectivity index (χ3v) is 4.29. The normalized spacial score (nSPS) is 16.7. The zero-order valence-corrected chi connectivity index (χ0v) is 13.7. The molecule has 0 atom stereocenters. The summed E-state index contributed by atoms with van der Waals surface area (Å²) in [5, 5.41) is 0. The van der Waals surface area contributed by atoms with Crippen molar-refractivity contribution in [1.82, 2.24) is 0 Å². The molecule has 6 nitrogen and oxygen atoms in total. The maximum Gasteiger partial charge on any atom is 0.303 e. The highest BCUT2D eigenvalue weighted by Gasteiger charge is 2.42. The van der Waals surface area contributed by atoms with Gasteiger partial charge in [0.15, 0.2) is 0 Å². The lowest BCUT2D eigenvalue weighted by Crippen LogP contribution is -2.38. The van der Waals surface area contributed by atoms with E-state index in [-0.39, 0.29) is 12.6 Å². The van der Waals surface area contributed by atoms with Crippen molar-refractivity contribution in [2.24, 2.45) is 0 Å². The minimum Gasteiger partial charge on any atom is -0.496 e. The van der Waals surface area contributed by atoms with Crippen LogP contribution in [0.3, 0.4) is 0 Å². The molecule has 0 N–H and O–H groups in total. The van der Waals surface area contributed by atoms with E-state index in [9.17, 15) is 13.2 Å². The first-order valence-corrected chi connectivity index (χ1v) is 8.79. The molecule has 1 aromatic carbocycles. The van der Waals surface area contributed by atoms with Gasteiger partial charge in [-0.25, -0.2) is 0 Å². The average molecular weight is 328 g/mol. The van der Waals surface area contributed by atoms with Crippen LogP contribution in [-0.2, 0) is 36.0 Å². The van der Waals surface area contributed by atoms with E-state index in [2.05, 4.69) is 0 Å². The van der Waals surface area contributed by atoms with E-state index in [1.807, 2.05) is 6.07 Å². The predicted octanol–water partition coefficient (Wildman–Crippen LogP) is 2.11. The Bertz CT molecular complexity index is 661. The van der Waals surface area contributed by atoms with Crippen LogP contribution in [0.5, 0.6) is 5.75 Å². The van der Waals surface area contributed by atoms with Crippen molar-refractivity contribution in [2.45, 2.75) is 38.4 Å². The van der Waals surface area contributed by atoms with Gasteiger partial charge in [0.2, 0.25) is 0 Å². The average Bonchev–Trinajstić information content (AvgIpc) is 2.39. The summed E-state index contributed by atoms with van der Waals surface area (Å²) in [5.41, 5.74) is 0.887. The van der Waals surface area contributed by atoms with Gasteiger partial charge < -0.3 is 9.47 Å². The van der Waals surface area contributed by atoms with Crippen molar-refractivity contribution in [3.05, 3.63) is 29.3 Å². The molecule has 0 radical (unpaired) electrons. The standard InChI is InChI=1S/C15H20O6S/c1-11(16)21-15(7-4-8-15)13-6-5-12(14(9-13)19-2)10-20-22(3,17)18/h5-6,9H,4,7-8,10H2,1-3H3. The fourth-order valence-corrected chi connectivity index (χ4v) is 2.88. The molecule has 1 aliphatic carbocycles. The van der Waals surface area contributed by atoms with Crippen LogP contribution in [0, 0.1) is 0 Å². The molecule has 1 aliphatic rings. The smallest absolute Gasteiger partial charge is 0.303 e. The summed E-state index contributed by atoms with van der Waals surface area (Å²) >= 11 is 0. The van der Waals surface area contributed by atoms with Crippen molar-refractivity contribution in [2.75, 3.05) is 13.4 Å². The van der Waals surface area contributed by atoms with Crippen LogP contribution in [0.25, 0.3) is 0 Å². The van der Waals surface area contributed by atoms with E-state index in [0.717, 1.165) is 31.1 Å². The lowest BCUT2D eigenvalue weighted by molar-refractivity contribution is -0.168. The second-order valence-corrected chi connectivity index (χ2v) is 7.08. The SMILES string of the molecule is COc1cc(C2(OC(C)=O)CCC2)ccc1COS(C)(=O)=O. The number of ether oxygens (including phenoxy) is 2. The monoisotopic (exact) mass is 328 g/mol. The topological polar surface area (TPSA) is 78.9 Å². The maximum atomic E-state index is 11.3. The highest BCUT2D eigenvalue weighted by molar-refractivity contribution is 7.85. The molecule has 0 aliphatic heterocycles. The van der Waals surface area contributed by atoms with Crippen LogP contribution in [0.2, 0.25) is 0 Å². The number of carbonyl (C=O) groups excluding carboxylic acids is 1. The van der Waals surface area contributed by atoms with Gasteiger partial charge in [-0.3, -0.25) is 8.98 Å². The Morgan fingerprint density at radius 3 is 2.45 bits per heavy atom. The van der Waals surface area contributed by atoms with Gasteiger partial charge in [0.05, 0.1) is 20.0 Å². The van der Waals surface area contributed by atoms with Gasteiger partial charge in [-0.1, -0.05) is 12.1 Å². The molecule has 1 saturated carbocycles. The summed E-state index contributed by atoms with van der Waals surface area (Å²) in [6.07, 6.45) is 3.54. The maximum absolute atomic E-state index is 11.3. The number of methoxy groups -OCH3 is 1. The van der Waals surface area contributed by atoms with Crippen LogP contribution in [0.15, 0.2) is 18.2 Å². The van der Waals surface area contributed by atoms with Gasteiger partial charge in [0.1, 0.15) is 11.4 Å². The molecular weight excluding hydrogens is 308 g/mol. The number of hydrogen-bond donors (Lipinski definition) is 0. The van der Waals surface area contributed by atoms with Crippen LogP contribution >= 0.6 is 0 Å². The molecule has 0 heterocycles. The lowest BCUT2D eigenvalue weighted by Gasteiger charge is -2.41. The Labute approximate surface area is 130 Å². The Hall–Kier alpha value is -1.60. The minimum atomic E-state index is -3.52. The largest absolute Gasteiger partial charge is 0.496 e. The Kier molecular flexibility index (Phi) is 4.77. The van der Waals surface area contributed by atoms with Crippen molar-refractivity contribution in [3.8, 4) is 5.75 Å². The molecule has 0 amide bonds. The number of benzene rings is 1. The molecule has 0 unspecified atom stereocenters. The zero-order chi connectivity index (χ0) is 16.4. The lowest BCUT2D eigenvalue weighted by atomic mass is 9.74. The summed E-state index contributed by atoms with van der Waals surface area (Å²) in [5.74, 6) is 0.197. The molecular formula is C15H20O6S. The highest BCUT2D eigenvalue weighted by Crippen LogP contribution is 2.46. The highest BCUT2D eigenvalue weighted by atomic mass is 32.2. The predicted molar refractivity (Wildman–Crippen MR) is 79.9 cm³/mol. The molecule has 22 heavy (non-hydrogen) atoms. The molecule has 0 saturated heterocycles. The van der Waals surface area contributed by atoms with Crippen LogP contribution < -0.4 is 4.74 Å². The van der Waals surface area contributed by atoms with Gasteiger partial charge in [-0.2, -0.15) is 8.42 Å². The molecule has 122 valence electrons. The van der Waals surface area contributed by atoms with E-state index in [0.29, 0.717) is 11.3 Å². The first-order valence-electron chi connectivity index (χ1n) is 6.97. The molecule has 7 heteroatoms. The minimum absolute atomic E-state index is 0.0944. The van der Waals surface area contributed by atoms with Crippen molar-refractivity contribution >= 4 is 16.1 Å². The quantitative estimate of drug-likeness (QED) is 0.588. The number of esters is 1. The Balaban J connectivity index is 2.26. The molecule has 0 aromatic heterocycles. The van der Waals surface area contributed by atoms with E-state index in [1.54, 1.807) is 12.1 Å². The van der Waals surface area contributed by atoms with Crippen molar-refractivity contribution in [3.63, 3.8) is 0 Å². The van der Waals surface area contributed by atoms with Gasteiger partial charge >= 0.3 is 5.97 Å². The third-order valence-electron chi connectivity index (χ3n) is 3.74. The molecule has 2 rings (SSSR count). The van der Waals surface area contributed by atoms with Gasteiger partial charge in [0, 0.05) is 12.5 Å². The summed E-state index contributed by atoms with van der Waals surface area (Å²) in [7, 11) is -2.02. The fourth-order valence-electron chi connectivity index (χ4n) is 2.54. The molecule has 0 spiro atoms. The first-order chi connectivity index (χ1) is 10.3. The number of carbonyl (C=O) groups is 1. The third kappa shape index (κ3) is 3.78. The summed E-state index contributed by atoms with van der Waals surface area (Å²) in [6.45, 7) is 1.30. The molecule has 1 aromatic rings. The fraction of sp³-hybridized carbons (Fsp3) is 0.533. The van der Waals surface area contributed by atoms with Gasteiger partial charge in [-0.15, -0.1) is 0 Å². The van der Waals surface area contributed by atoms with E-state index >= 15 is 0 Å². The van der Waals surface area contributed by atoms with Crippen molar-refractivity contribution < 1.29 is 26.9 Å². The second kappa shape index (κ2) is 6.26. The van der Waals surface area contributed by atoms with E-state index in [1.165, 1.54) is 14.0 Å². The number of rotatable bonds is 6. The number of hydrogen-bond acceptors (Lipinski definition) is 6. The zero-order valence-electron chi connectivity index (χ0n) is 12.9. The first kappa shape index (κ1) is 16.8. The summed E-state index contributed by atoms with van der Waals surface area (Å²) < 4.78 is 37.8. The van der Waals surface area contributed by atoms with E-state index in [4.69, 9.17) is 13.7 Å². The van der Waals surface area contributed by atoms with Crippen LogP contribution in [-0.4, -0.2) is 27.8 Å². The van der Waals surface area contributed by atoms with Gasteiger partial charge in [-0.05, 0) is 30.9 Å². The summed E-state index contributed by atoms with van der Waals surface area (Å²) in [6, 6.07) is 5.34. The Morgan fingerprint density at radius 2 is 2.00 bits per heavy atom. The van der Waals surface area contributed by atoms with E-state index < -0.39 is 15.7 Å². The van der Waals surface area contributed by atoms with Gasteiger partial charge in [0.25, 0.3) is 10.1 Å². The van der Waals surface area contributed by atoms with Crippen LogP contribution in [0.1, 0.15) is 37.3 Å². The summed E-state index contributed by atoms with van der Waals surface area (Å²) in [4.78, 5) is 11.3. The van der Waals surface area contributed by atoms with Crippen molar-refractivity contribution in [1.29, 1.82) is 0 Å². The Morgan fingerprint density at radius 1 is 1.32 bits per heavy atom. The molecule has 1 fully saturated rings.